The third-order valence-corrected chi connectivity index (χ3v) is 16.0. The molecule has 0 saturated carbocycles. The van der Waals surface area contributed by atoms with Crippen LogP contribution in [0.2, 0.25) is 0 Å². The molecule has 3 unspecified atom stereocenters. The molecule has 0 aliphatic carbocycles. The second-order valence-electron chi connectivity index (χ2n) is 24.0. The van der Waals surface area contributed by atoms with Gasteiger partial charge in [0.05, 0.1) is 33.8 Å². The first-order chi connectivity index (χ1) is 37.4. The summed E-state index contributed by atoms with van der Waals surface area (Å²) in [4.78, 5) is 37.7. The Bertz CT molecular complexity index is 1410. The molecule has 0 aliphatic rings. The van der Waals surface area contributed by atoms with Gasteiger partial charge in [-0.15, -0.1) is 0 Å². The minimum atomic E-state index is -4.45. The summed E-state index contributed by atoms with van der Waals surface area (Å²) in [6.07, 6.45) is 70.1. The lowest BCUT2D eigenvalue weighted by Gasteiger charge is -2.27. The van der Waals surface area contributed by atoms with E-state index in [2.05, 4.69) is 50.4 Å². The molecule has 3 atom stereocenters. The van der Waals surface area contributed by atoms with Crippen LogP contribution < -0.4 is 5.32 Å². The number of carbonyl (C=O) groups excluding carboxylic acids is 2. The van der Waals surface area contributed by atoms with Gasteiger partial charge < -0.3 is 19.4 Å². The highest BCUT2D eigenvalue weighted by Gasteiger charge is 2.30. The van der Waals surface area contributed by atoms with E-state index >= 15 is 0 Å². The third-order valence-electron chi connectivity index (χ3n) is 15.1. The summed E-state index contributed by atoms with van der Waals surface area (Å²) in [5.41, 5.74) is 0. The largest absolute Gasteiger partial charge is 0.472 e. The van der Waals surface area contributed by atoms with Gasteiger partial charge in [0.25, 0.3) is 0 Å². The molecule has 0 aromatic carbocycles. The molecule has 0 rings (SSSR count). The van der Waals surface area contributed by atoms with Crippen molar-refractivity contribution in [2.24, 2.45) is 0 Å². The predicted molar refractivity (Wildman–Crippen MR) is 332 cm³/mol. The van der Waals surface area contributed by atoms with E-state index < -0.39 is 20.0 Å². The fourth-order valence-electron chi connectivity index (χ4n) is 9.87. The zero-order chi connectivity index (χ0) is 56.4. The van der Waals surface area contributed by atoms with Gasteiger partial charge in [0.2, 0.25) is 5.91 Å². The number of phosphoric acid groups is 1. The number of hydrogen-bond donors (Lipinski definition) is 2. The van der Waals surface area contributed by atoms with Crippen molar-refractivity contribution in [3.05, 3.63) is 36.5 Å². The molecule has 0 aromatic rings. The lowest BCUT2D eigenvalue weighted by molar-refractivity contribution is -0.870. The van der Waals surface area contributed by atoms with Crippen molar-refractivity contribution >= 4 is 19.7 Å². The second-order valence-corrected chi connectivity index (χ2v) is 25.4. The Morgan fingerprint density at radius 2 is 0.753 bits per heavy atom. The molecule has 454 valence electrons. The van der Waals surface area contributed by atoms with Crippen LogP contribution in [-0.4, -0.2) is 74.3 Å². The topological polar surface area (TPSA) is 111 Å². The molecule has 0 spiro atoms. The minimum absolute atomic E-state index is 0.0403. The Morgan fingerprint density at radius 1 is 0.442 bits per heavy atom. The number of nitrogens with one attached hydrogen (secondary N) is 1. The van der Waals surface area contributed by atoms with E-state index in [0.29, 0.717) is 17.4 Å². The fourth-order valence-corrected chi connectivity index (χ4v) is 10.6. The maximum absolute atomic E-state index is 13.6. The molecular formula is C67H130N2O7P+. The number of esters is 1. The van der Waals surface area contributed by atoms with Crippen molar-refractivity contribution in [1.29, 1.82) is 0 Å². The van der Waals surface area contributed by atoms with E-state index in [1.54, 1.807) is 0 Å². The number of rotatable bonds is 61. The minimum Gasteiger partial charge on any atom is -0.456 e. The zero-order valence-electron chi connectivity index (χ0n) is 52.0. The van der Waals surface area contributed by atoms with Gasteiger partial charge in [-0.25, -0.2) is 4.57 Å². The van der Waals surface area contributed by atoms with Gasteiger partial charge in [0, 0.05) is 12.8 Å². The average Bonchev–Trinajstić information content (AvgIpc) is 3.39. The number of nitrogens with zero attached hydrogens (tertiary/aromatic N) is 1. The SMILES string of the molecule is CCCCCCCC/C=C/CCCCCCCCCCCCCCCCCC(=O)NC(COP(=O)(O)OCC[N+](C)(C)C)C(/C=C\CCCCCCCCCCCC)OC(=O)CCCCC/C=C\CCCCCCCCC. The first kappa shape index (κ1) is 75.2. The molecule has 0 bridgehead atoms. The molecule has 0 radical (unpaired) electrons. The van der Waals surface area contributed by atoms with Crippen molar-refractivity contribution in [1.82, 2.24) is 5.32 Å². The molecule has 1 amide bonds. The Morgan fingerprint density at radius 3 is 1.12 bits per heavy atom. The van der Waals surface area contributed by atoms with Crippen LogP contribution in [0, 0.1) is 0 Å². The fraction of sp³-hybridized carbons (Fsp3) is 0.881. The van der Waals surface area contributed by atoms with Gasteiger partial charge in [-0.2, -0.15) is 0 Å². The van der Waals surface area contributed by atoms with Crippen LogP contribution in [0.1, 0.15) is 329 Å². The number of allylic oxidation sites excluding steroid dienone is 5. The second kappa shape index (κ2) is 57.5. The van der Waals surface area contributed by atoms with Gasteiger partial charge in [0.1, 0.15) is 19.3 Å². The summed E-state index contributed by atoms with van der Waals surface area (Å²) in [6, 6.07) is -0.851. The molecule has 0 aliphatic heterocycles. The number of likely N-dealkylation sites (N-methyl/N-ethyl adjacent to an activating group) is 1. The van der Waals surface area contributed by atoms with E-state index in [0.717, 1.165) is 70.6 Å². The lowest BCUT2D eigenvalue weighted by Crippen LogP contribution is -2.47. The van der Waals surface area contributed by atoms with Crippen molar-refractivity contribution < 1.29 is 37.3 Å². The first-order valence-electron chi connectivity index (χ1n) is 33.3. The van der Waals surface area contributed by atoms with Crippen LogP contribution in [0.4, 0.5) is 0 Å². The molecule has 10 heteroatoms. The van der Waals surface area contributed by atoms with Crippen LogP contribution in [0.25, 0.3) is 0 Å². The van der Waals surface area contributed by atoms with Gasteiger partial charge in [-0.3, -0.25) is 18.6 Å². The summed E-state index contributed by atoms with van der Waals surface area (Å²) < 4.78 is 30.7. The highest BCUT2D eigenvalue weighted by molar-refractivity contribution is 7.47. The first-order valence-corrected chi connectivity index (χ1v) is 34.8. The quantitative estimate of drug-likeness (QED) is 0.0205. The Labute approximate surface area is 478 Å². The molecule has 2 N–H and O–H groups in total. The maximum atomic E-state index is 13.6. The molecule has 0 fully saturated rings. The van der Waals surface area contributed by atoms with Crippen molar-refractivity contribution in [2.45, 2.75) is 341 Å². The molecule has 0 heterocycles. The van der Waals surface area contributed by atoms with Crippen LogP contribution in [0.5, 0.6) is 0 Å². The molecular weight excluding hydrogens is 976 g/mol. The molecule has 0 saturated heterocycles. The third kappa shape index (κ3) is 58.7. The molecule has 77 heavy (non-hydrogen) atoms. The zero-order valence-corrected chi connectivity index (χ0v) is 52.9. The van der Waals surface area contributed by atoms with Crippen LogP contribution in [-0.2, 0) is 27.9 Å². The van der Waals surface area contributed by atoms with Crippen LogP contribution in [0.15, 0.2) is 36.5 Å². The highest BCUT2D eigenvalue weighted by Crippen LogP contribution is 2.43. The standard InChI is InChI=1S/C67H129N2O7P/c1-7-10-13-16-19-22-25-28-30-31-32-33-34-35-36-37-38-39-40-41-44-47-50-53-56-59-66(70)68-64(63-75-77(72,73)74-62-61-69(4,5)6)65(58-55-52-49-46-43-27-24-21-18-15-12-9-3)76-67(71)60-57-54-51-48-45-42-29-26-23-20-17-14-11-8-2/h28,30,42,45,55,58,64-65H,7-27,29,31-41,43-44,46-54,56-57,59-63H2,1-6H3,(H-,68,70,72,73)/p+1/b30-28+,45-42-,58-55-. The van der Waals surface area contributed by atoms with Crippen LogP contribution in [0.3, 0.4) is 0 Å². The van der Waals surface area contributed by atoms with E-state index in [1.165, 1.54) is 225 Å². The number of carbonyl (C=O) groups is 2. The van der Waals surface area contributed by atoms with E-state index in [1.807, 2.05) is 33.3 Å². The number of unbranched alkanes of at least 4 members (excludes halogenated alkanes) is 41. The number of hydrogen-bond acceptors (Lipinski definition) is 6. The van der Waals surface area contributed by atoms with E-state index in [9.17, 15) is 19.0 Å². The highest BCUT2D eigenvalue weighted by atomic mass is 31.2. The summed E-state index contributed by atoms with van der Waals surface area (Å²) >= 11 is 0. The molecule has 0 aromatic heterocycles. The van der Waals surface area contributed by atoms with Gasteiger partial charge in [0.15, 0.2) is 0 Å². The van der Waals surface area contributed by atoms with Gasteiger partial charge in [-0.05, 0) is 83.1 Å². The normalized spacial score (nSPS) is 13.8. The summed E-state index contributed by atoms with van der Waals surface area (Å²) in [5.74, 6) is -0.509. The lowest BCUT2D eigenvalue weighted by atomic mass is 10.0. The smallest absolute Gasteiger partial charge is 0.456 e. The van der Waals surface area contributed by atoms with E-state index in [4.69, 9.17) is 13.8 Å². The Balaban J connectivity index is 5.06. The summed E-state index contributed by atoms with van der Waals surface area (Å²) in [6.45, 7) is 7.03. The number of ether oxygens (including phenoxy) is 1. The van der Waals surface area contributed by atoms with Crippen molar-refractivity contribution in [3.63, 3.8) is 0 Å². The number of phosphoric ester groups is 1. The number of quaternary nitrogens is 1. The van der Waals surface area contributed by atoms with Crippen LogP contribution >= 0.6 is 7.82 Å². The summed E-state index contributed by atoms with van der Waals surface area (Å²) in [7, 11) is 1.50. The monoisotopic (exact) mass is 1110 g/mol. The van der Waals surface area contributed by atoms with Crippen molar-refractivity contribution in [3.8, 4) is 0 Å². The summed E-state index contributed by atoms with van der Waals surface area (Å²) in [5, 5.41) is 3.06. The Hall–Kier alpha value is -1.77. The maximum Gasteiger partial charge on any atom is 0.472 e. The van der Waals surface area contributed by atoms with Gasteiger partial charge >= 0.3 is 13.8 Å². The van der Waals surface area contributed by atoms with E-state index in [-0.39, 0.29) is 31.5 Å². The number of amides is 1. The molecule has 9 nitrogen and oxygen atoms in total. The van der Waals surface area contributed by atoms with Crippen molar-refractivity contribution in [2.75, 3.05) is 40.9 Å². The average molecular weight is 1110 g/mol. The predicted octanol–water partition coefficient (Wildman–Crippen LogP) is 20.7. The Kier molecular flexibility index (Phi) is 56.1. The van der Waals surface area contributed by atoms with Gasteiger partial charge in [-0.1, -0.05) is 269 Å².